The highest BCUT2D eigenvalue weighted by Crippen LogP contribution is 2.29. The van der Waals surface area contributed by atoms with Gasteiger partial charge >= 0.3 is 0 Å². The van der Waals surface area contributed by atoms with Crippen LogP contribution in [0.2, 0.25) is 0 Å². The molecule has 4 rings (SSSR count). The van der Waals surface area contributed by atoms with Crippen LogP contribution in [0.5, 0.6) is 0 Å². The fourth-order valence-corrected chi connectivity index (χ4v) is 3.59. The van der Waals surface area contributed by atoms with Crippen molar-refractivity contribution in [3.63, 3.8) is 0 Å². The van der Waals surface area contributed by atoms with Crippen molar-refractivity contribution in [2.75, 3.05) is 50.9 Å². The van der Waals surface area contributed by atoms with E-state index in [2.05, 4.69) is 14.9 Å². The summed E-state index contributed by atoms with van der Waals surface area (Å²) in [7, 11) is 0. The van der Waals surface area contributed by atoms with Gasteiger partial charge < -0.3 is 19.3 Å². The number of ether oxygens (including phenoxy) is 2. The lowest BCUT2D eigenvalue weighted by Gasteiger charge is -2.37. The first kappa shape index (κ1) is 14.8. The normalized spacial score (nSPS) is 24.6. The lowest BCUT2D eigenvalue weighted by Crippen LogP contribution is -2.53. The van der Waals surface area contributed by atoms with E-state index in [1.807, 2.05) is 4.90 Å². The van der Waals surface area contributed by atoms with Crippen molar-refractivity contribution >= 4 is 11.7 Å². The van der Waals surface area contributed by atoms with Crippen molar-refractivity contribution in [1.82, 2.24) is 14.9 Å². The molecule has 0 bridgehead atoms. The largest absolute Gasteiger partial charge is 0.378 e. The topological polar surface area (TPSA) is 67.8 Å². The lowest BCUT2D eigenvalue weighted by molar-refractivity contribution is -0.148. The number of hydrogen-bond donors (Lipinski definition) is 0. The van der Waals surface area contributed by atoms with Gasteiger partial charge in [0.15, 0.2) is 6.10 Å². The Morgan fingerprint density at radius 3 is 2.87 bits per heavy atom. The third-order valence-electron chi connectivity index (χ3n) is 4.82. The zero-order valence-corrected chi connectivity index (χ0v) is 13.2. The Bertz CT molecular complexity index is 589. The summed E-state index contributed by atoms with van der Waals surface area (Å²) in [5.41, 5.74) is 2.42. The van der Waals surface area contributed by atoms with Gasteiger partial charge in [0, 0.05) is 30.9 Å². The van der Waals surface area contributed by atoms with Gasteiger partial charge in [0.2, 0.25) is 0 Å². The molecule has 1 aliphatic carbocycles. The molecule has 124 valence electrons. The van der Waals surface area contributed by atoms with Crippen LogP contribution in [0.3, 0.4) is 0 Å². The lowest BCUT2D eigenvalue weighted by atomic mass is 10.2. The smallest absolute Gasteiger partial charge is 0.253 e. The van der Waals surface area contributed by atoms with Gasteiger partial charge in [-0.1, -0.05) is 0 Å². The van der Waals surface area contributed by atoms with Crippen molar-refractivity contribution in [3.8, 4) is 0 Å². The van der Waals surface area contributed by atoms with Gasteiger partial charge in [-0.3, -0.25) is 4.79 Å². The second kappa shape index (κ2) is 6.41. The number of aryl methyl sites for hydroxylation is 1. The summed E-state index contributed by atoms with van der Waals surface area (Å²) in [6.45, 7) is 4.43. The maximum absolute atomic E-state index is 12.6. The Labute approximate surface area is 135 Å². The monoisotopic (exact) mass is 318 g/mol. The molecule has 0 aromatic carbocycles. The highest BCUT2D eigenvalue weighted by atomic mass is 16.5. The van der Waals surface area contributed by atoms with Gasteiger partial charge in [0.05, 0.1) is 26.4 Å². The number of carbonyl (C=O) groups is 1. The first-order valence-electron chi connectivity index (χ1n) is 8.39. The molecule has 0 radical (unpaired) electrons. The fraction of sp³-hybridized carbons (Fsp3) is 0.688. The molecular formula is C16H22N4O3. The molecule has 23 heavy (non-hydrogen) atoms. The minimum atomic E-state index is -0.408. The van der Waals surface area contributed by atoms with Gasteiger partial charge in [-0.2, -0.15) is 0 Å². The van der Waals surface area contributed by atoms with Crippen molar-refractivity contribution in [3.05, 3.63) is 17.6 Å². The van der Waals surface area contributed by atoms with Crippen LogP contribution in [0.1, 0.15) is 17.7 Å². The molecule has 2 aliphatic heterocycles. The summed E-state index contributed by atoms with van der Waals surface area (Å²) >= 11 is 0. The number of amides is 1. The molecular weight excluding hydrogens is 296 g/mol. The van der Waals surface area contributed by atoms with Crippen molar-refractivity contribution in [2.24, 2.45) is 0 Å². The number of carbonyl (C=O) groups excluding carboxylic acids is 1. The molecule has 1 atom stereocenters. The standard InChI is InChI=1S/C16H22N4O3/c21-16(19-4-7-22-8-5-19)14-10-20(6-9-23-14)15-12-2-1-3-13(12)17-11-18-15/h11,14H,1-10H2. The zero-order valence-electron chi connectivity index (χ0n) is 13.2. The molecule has 1 unspecified atom stereocenters. The number of aromatic nitrogens is 2. The fourth-order valence-electron chi connectivity index (χ4n) is 3.59. The first-order chi connectivity index (χ1) is 11.3. The molecule has 1 amide bonds. The predicted molar refractivity (Wildman–Crippen MR) is 83.4 cm³/mol. The molecule has 7 nitrogen and oxygen atoms in total. The van der Waals surface area contributed by atoms with Crippen molar-refractivity contribution < 1.29 is 14.3 Å². The van der Waals surface area contributed by atoms with E-state index in [1.54, 1.807) is 6.33 Å². The van der Waals surface area contributed by atoms with Crippen LogP contribution in [0.15, 0.2) is 6.33 Å². The van der Waals surface area contributed by atoms with Gasteiger partial charge in [-0.05, 0) is 19.3 Å². The first-order valence-corrected chi connectivity index (χ1v) is 8.39. The third-order valence-corrected chi connectivity index (χ3v) is 4.82. The van der Waals surface area contributed by atoms with E-state index in [9.17, 15) is 4.79 Å². The highest BCUT2D eigenvalue weighted by Gasteiger charge is 2.33. The molecule has 2 fully saturated rings. The van der Waals surface area contributed by atoms with E-state index in [0.29, 0.717) is 39.5 Å². The zero-order chi connectivity index (χ0) is 15.6. The Morgan fingerprint density at radius 1 is 1.13 bits per heavy atom. The van der Waals surface area contributed by atoms with Gasteiger partial charge in [-0.15, -0.1) is 0 Å². The molecule has 2 saturated heterocycles. The maximum Gasteiger partial charge on any atom is 0.253 e. The van der Waals surface area contributed by atoms with E-state index in [1.165, 1.54) is 5.56 Å². The molecule has 1 aromatic rings. The van der Waals surface area contributed by atoms with Gasteiger partial charge in [-0.25, -0.2) is 9.97 Å². The Hall–Kier alpha value is -1.73. The summed E-state index contributed by atoms with van der Waals surface area (Å²) in [6, 6.07) is 0. The molecule has 3 heterocycles. The molecule has 0 spiro atoms. The number of morpholine rings is 2. The Morgan fingerprint density at radius 2 is 2.00 bits per heavy atom. The average molecular weight is 318 g/mol. The number of rotatable bonds is 2. The van der Waals surface area contributed by atoms with E-state index in [0.717, 1.165) is 37.3 Å². The minimum Gasteiger partial charge on any atom is -0.378 e. The number of fused-ring (bicyclic) bond motifs is 1. The quantitative estimate of drug-likeness (QED) is 0.766. The van der Waals surface area contributed by atoms with E-state index < -0.39 is 6.10 Å². The summed E-state index contributed by atoms with van der Waals surface area (Å²) in [5, 5.41) is 0. The highest BCUT2D eigenvalue weighted by molar-refractivity contribution is 5.82. The summed E-state index contributed by atoms with van der Waals surface area (Å²) in [6.07, 6.45) is 4.44. The van der Waals surface area contributed by atoms with Gasteiger partial charge in [0.1, 0.15) is 12.1 Å². The average Bonchev–Trinajstić information content (AvgIpc) is 3.10. The van der Waals surface area contributed by atoms with Crippen LogP contribution in [-0.4, -0.2) is 72.9 Å². The number of anilines is 1. The maximum atomic E-state index is 12.6. The molecule has 7 heteroatoms. The molecule has 0 saturated carbocycles. The van der Waals surface area contributed by atoms with Crippen LogP contribution >= 0.6 is 0 Å². The summed E-state index contributed by atoms with van der Waals surface area (Å²) in [5.74, 6) is 1.07. The third kappa shape index (κ3) is 2.90. The van der Waals surface area contributed by atoms with Crippen LogP contribution in [0, 0.1) is 0 Å². The van der Waals surface area contributed by atoms with Crippen LogP contribution in [-0.2, 0) is 27.1 Å². The molecule has 0 N–H and O–H groups in total. The van der Waals surface area contributed by atoms with Crippen LogP contribution < -0.4 is 4.90 Å². The Kier molecular flexibility index (Phi) is 4.13. The van der Waals surface area contributed by atoms with Gasteiger partial charge in [0.25, 0.3) is 5.91 Å². The molecule has 3 aliphatic rings. The van der Waals surface area contributed by atoms with Crippen LogP contribution in [0.4, 0.5) is 5.82 Å². The van der Waals surface area contributed by atoms with E-state index >= 15 is 0 Å². The summed E-state index contributed by atoms with van der Waals surface area (Å²) in [4.78, 5) is 25.6. The second-order valence-corrected chi connectivity index (χ2v) is 6.22. The molecule has 1 aromatic heterocycles. The summed E-state index contributed by atoms with van der Waals surface area (Å²) < 4.78 is 11.1. The van der Waals surface area contributed by atoms with Crippen molar-refractivity contribution in [1.29, 1.82) is 0 Å². The Balaban J connectivity index is 1.49. The number of hydrogen-bond acceptors (Lipinski definition) is 6. The van der Waals surface area contributed by atoms with E-state index in [-0.39, 0.29) is 5.91 Å². The number of nitrogens with zero attached hydrogens (tertiary/aromatic N) is 4. The van der Waals surface area contributed by atoms with Crippen LogP contribution in [0.25, 0.3) is 0 Å². The van der Waals surface area contributed by atoms with E-state index in [4.69, 9.17) is 9.47 Å². The predicted octanol–water partition coefficient (Wildman–Crippen LogP) is 0.0293. The second-order valence-electron chi connectivity index (χ2n) is 6.22. The van der Waals surface area contributed by atoms with Crippen molar-refractivity contribution in [2.45, 2.75) is 25.4 Å². The minimum absolute atomic E-state index is 0.0729. The SMILES string of the molecule is O=C(C1CN(c2ncnc3c2CCC3)CCO1)N1CCOCC1.